The van der Waals surface area contributed by atoms with E-state index in [0.29, 0.717) is 50.5 Å². The number of benzene rings is 1. The average molecular weight is 600 g/mol. The number of likely N-dealkylation sites (N-methyl/N-ethyl adjacent to an activating group) is 1. The number of anilines is 2. The number of nitrogens with zero attached hydrogens (tertiary/aromatic N) is 4. The van der Waals surface area contributed by atoms with Gasteiger partial charge in [-0.3, -0.25) is 20.0 Å². The van der Waals surface area contributed by atoms with E-state index in [-0.39, 0.29) is 46.8 Å². The number of alkyl halides is 3. The van der Waals surface area contributed by atoms with Crippen LogP contribution in [-0.4, -0.2) is 87.1 Å². The van der Waals surface area contributed by atoms with E-state index >= 15 is 0 Å². The van der Waals surface area contributed by atoms with Crippen molar-refractivity contribution in [1.82, 2.24) is 20.5 Å². The molecule has 0 radical (unpaired) electrons. The molecule has 4 heterocycles. The molecule has 0 bridgehead atoms. The fourth-order valence-corrected chi connectivity index (χ4v) is 5.77. The number of pyridine rings is 1. The standard InChI is InChI=1S/C30H36F3N7O3/c1-18(41)39-9-6-24(37-20-7-12-43-13-8-20)22(17-39)28(34)40-11-10-38(3)26-14-21(23(15-27(26)40)30(31,32)33)19-4-5-25(36-16-19)29(42)35-2/h4-5,14-16,20,34,37H,6-13,17H2,1-3H3,(H,35,42). The van der Waals surface area contributed by atoms with Crippen molar-refractivity contribution in [2.24, 2.45) is 0 Å². The maximum atomic E-state index is 14.6. The maximum absolute atomic E-state index is 14.6. The van der Waals surface area contributed by atoms with Crippen LogP contribution in [0.1, 0.15) is 42.2 Å². The molecule has 0 saturated carbocycles. The molecule has 0 aliphatic carbocycles. The highest BCUT2D eigenvalue weighted by Gasteiger charge is 2.38. The molecule has 5 rings (SSSR count). The zero-order valence-corrected chi connectivity index (χ0v) is 24.5. The van der Waals surface area contributed by atoms with E-state index in [1.807, 2.05) is 4.90 Å². The molecule has 2 aromatic rings. The Morgan fingerprint density at radius 3 is 2.47 bits per heavy atom. The number of amides is 2. The summed E-state index contributed by atoms with van der Waals surface area (Å²) in [7, 11) is 3.26. The third kappa shape index (κ3) is 6.31. The zero-order chi connectivity index (χ0) is 30.9. The summed E-state index contributed by atoms with van der Waals surface area (Å²) in [5, 5.41) is 15.3. The van der Waals surface area contributed by atoms with Crippen LogP contribution in [0, 0.1) is 5.41 Å². The first-order valence-corrected chi connectivity index (χ1v) is 14.3. The van der Waals surface area contributed by atoms with Gasteiger partial charge in [0, 0.05) is 89.4 Å². The second-order valence-electron chi connectivity index (χ2n) is 11.0. The molecule has 1 aromatic carbocycles. The smallest absolute Gasteiger partial charge is 0.385 e. The summed E-state index contributed by atoms with van der Waals surface area (Å²) < 4.78 is 49.2. The Balaban J connectivity index is 1.56. The van der Waals surface area contributed by atoms with E-state index in [1.54, 1.807) is 16.8 Å². The van der Waals surface area contributed by atoms with Crippen LogP contribution in [0.2, 0.25) is 0 Å². The van der Waals surface area contributed by atoms with E-state index in [2.05, 4.69) is 15.6 Å². The summed E-state index contributed by atoms with van der Waals surface area (Å²) in [5.74, 6) is -0.477. The van der Waals surface area contributed by atoms with Crippen molar-refractivity contribution in [1.29, 1.82) is 5.41 Å². The van der Waals surface area contributed by atoms with E-state index in [1.165, 1.54) is 38.4 Å². The number of fused-ring (bicyclic) bond motifs is 1. The van der Waals surface area contributed by atoms with Gasteiger partial charge in [-0.1, -0.05) is 6.07 Å². The number of carbonyl (C=O) groups is 2. The van der Waals surface area contributed by atoms with E-state index in [0.717, 1.165) is 24.6 Å². The Morgan fingerprint density at radius 1 is 1.09 bits per heavy atom. The molecular weight excluding hydrogens is 563 g/mol. The van der Waals surface area contributed by atoms with Gasteiger partial charge >= 0.3 is 6.18 Å². The summed E-state index contributed by atoms with van der Waals surface area (Å²) in [6.45, 7) is 4.23. The van der Waals surface area contributed by atoms with Gasteiger partial charge in [0.05, 0.1) is 23.5 Å². The number of hydrogen-bond donors (Lipinski definition) is 3. The average Bonchev–Trinajstić information content (AvgIpc) is 3.00. The van der Waals surface area contributed by atoms with Crippen molar-refractivity contribution in [3.05, 3.63) is 53.0 Å². The number of rotatable bonds is 5. The normalized spacial score (nSPS) is 18.0. The Labute approximate surface area is 248 Å². The molecule has 13 heteroatoms. The van der Waals surface area contributed by atoms with Crippen molar-refractivity contribution in [3.63, 3.8) is 0 Å². The van der Waals surface area contributed by atoms with E-state index in [4.69, 9.17) is 4.74 Å². The summed E-state index contributed by atoms with van der Waals surface area (Å²) in [5.41, 5.74) is 1.65. The van der Waals surface area contributed by atoms with Gasteiger partial charge in [0.15, 0.2) is 0 Å². The fourth-order valence-electron chi connectivity index (χ4n) is 5.77. The second-order valence-corrected chi connectivity index (χ2v) is 11.0. The largest absolute Gasteiger partial charge is 0.417 e. The van der Waals surface area contributed by atoms with Gasteiger partial charge in [-0.25, -0.2) is 0 Å². The quantitative estimate of drug-likeness (QED) is 0.355. The first kappa shape index (κ1) is 30.3. The molecular formula is C30H36F3N7O3. The molecule has 1 aromatic heterocycles. The predicted molar refractivity (Wildman–Crippen MR) is 157 cm³/mol. The van der Waals surface area contributed by atoms with Crippen molar-refractivity contribution in [3.8, 4) is 11.1 Å². The Bertz CT molecular complexity index is 1440. The van der Waals surface area contributed by atoms with Gasteiger partial charge in [0.1, 0.15) is 11.5 Å². The predicted octanol–water partition coefficient (Wildman–Crippen LogP) is 3.64. The minimum Gasteiger partial charge on any atom is -0.385 e. The van der Waals surface area contributed by atoms with Crippen LogP contribution in [0.25, 0.3) is 11.1 Å². The van der Waals surface area contributed by atoms with Crippen molar-refractivity contribution in [2.45, 2.75) is 38.4 Å². The molecule has 2 amide bonds. The molecule has 1 saturated heterocycles. The van der Waals surface area contributed by atoms with Crippen LogP contribution in [0.3, 0.4) is 0 Å². The highest BCUT2D eigenvalue weighted by atomic mass is 19.4. The first-order valence-electron chi connectivity index (χ1n) is 14.3. The number of ether oxygens (including phenoxy) is 1. The van der Waals surface area contributed by atoms with Gasteiger partial charge in [0.2, 0.25) is 5.91 Å². The molecule has 3 aliphatic rings. The summed E-state index contributed by atoms with van der Waals surface area (Å²) in [6, 6.07) is 5.58. The lowest BCUT2D eigenvalue weighted by Gasteiger charge is -2.41. The van der Waals surface area contributed by atoms with Crippen molar-refractivity contribution < 1.29 is 27.5 Å². The van der Waals surface area contributed by atoms with Crippen LogP contribution in [-0.2, 0) is 15.7 Å². The van der Waals surface area contributed by atoms with Crippen molar-refractivity contribution >= 4 is 29.0 Å². The van der Waals surface area contributed by atoms with Crippen LogP contribution in [0.5, 0.6) is 0 Å². The summed E-state index contributed by atoms with van der Waals surface area (Å²) >= 11 is 0. The number of carbonyl (C=O) groups excluding carboxylic acids is 2. The highest BCUT2D eigenvalue weighted by molar-refractivity contribution is 6.11. The minimum atomic E-state index is -4.70. The zero-order valence-electron chi connectivity index (χ0n) is 24.5. The molecule has 3 N–H and O–H groups in total. The highest BCUT2D eigenvalue weighted by Crippen LogP contribution is 2.45. The molecule has 1 fully saturated rings. The lowest BCUT2D eigenvalue weighted by Crippen LogP contribution is -2.48. The van der Waals surface area contributed by atoms with Gasteiger partial charge in [-0.15, -0.1) is 0 Å². The number of hydrogen-bond acceptors (Lipinski definition) is 7. The molecule has 0 unspecified atom stereocenters. The third-order valence-electron chi connectivity index (χ3n) is 8.26. The van der Waals surface area contributed by atoms with Crippen LogP contribution in [0.4, 0.5) is 24.5 Å². The number of aromatic nitrogens is 1. The lowest BCUT2D eigenvalue weighted by atomic mass is 9.95. The van der Waals surface area contributed by atoms with E-state index < -0.39 is 17.6 Å². The third-order valence-corrected chi connectivity index (χ3v) is 8.26. The monoisotopic (exact) mass is 599 g/mol. The van der Waals surface area contributed by atoms with Gasteiger partial charge in [0.25, 0.3) is 5.91 Å². The Morgan fingerprint density at radius 2 is 1.84 bits per heavy atom. The fraction of sp³-hybridized carbons (Fsp3) is 0.467. The minimum absolute atomic E-state index is 0.0658. The van der Waals surface area contributed by atoms with Gasteiger partial charge < -0.3 is 30.1 Å². The topological polar surface area (TPSA) is 114 Å². The summed E-state index contributed by atoms with van der Waals surface area (Å²) in [6.07, 6.45) is -1.27. The second kappa shape index (κ2) is 12.2. The Kier molecular flexibility index (Phi) is 8.63. The van der Waals surface area contributed by atoms with Gasteiger partial charge in [-0.2, -0.15) is 13.2 Å². The molecule has 3 aliphatic heterocycles. The summed E-state index contributed by atoms with van der Waals surface area (Å²) in [4.78, 5) is 33.4. The number of amidine groups is 1. The van der Waals surface area contributed by atoms with Crippen molar-refractivity contribution in [2.75, 3.05) is 63.3 Å². The number of nitrogens with one attached hydrogen (secondary N) is 3. The SMILES string of the molecule is CNC(=O)c1ccc(-c2cc3c(cc2C(F)(F)F)N(C(=N)C2=C(NC4CCOCC4)CCN(C(C)=O)C2)CCN3C)cn1. The maximum Gasteiger partial charge on any atom is 0.417 e. The lowest BCUT2D eigenvalue weighted by molar-refractivity contribution is -0.137. The first-order chi connectivity index (χ1) is 20.5. The molecule has 10 nitrogen and oxygen atoms in total. The molecule has 230 valence electrons. The molecule has 0 atom stereocenters. The molecule has 0 spiro atoms. The van der Waals surface area contributed by atoms with Crippen LogP contribution >= 0.6 is 0 Å². The molecule has 43 heavy (non-hydrogen) atoms. The van der Waals surface area contributed by atoms with Crippen LogP contribution in [0.15, 0.2) is 41.7 Å². The van der Waals surface area contributed by atoms with E-state index in [9.17, 15) is 28.2 Å². The van der Waals surface area contributed by atoms with Crippen LogP contribution < -0.4 is 20.4 Å². The number of halogens is 3. The Hall–Kier alpha value is -4.13. The van der Waals surface area contributed by atoms with Gasteiger partial charge in [-0.05, 0) is 36.6 Å².